The van der Waals surface area contributed by atoms with Crippen LogP contribution in [0.5, 0.6) is 0 Å². The zero-order valence-electron chi connectivity index (χ0n) is 9.49. The van der Waals surface area contributed by atoms with Crippen LogP contribution in [0, 0.1) is 11.8 Å². The van der Waals surface area contributed by atoms with E-state index in [0.29, 0.717) is 0 Å². The lowest BCUT2D eigenvalue weighted by atomic mass is 10.0. The molecule has 2 rings (SSSR count). The molecule has 0 aromatic heterocycles. The Balaban J connectivity index is 1.95. The molecule has 14 heavy (non-hydrogen) atoms. The van der Waals surface area contributed by atoms with Crippen molar-refractivity contribution in [1.82, 2.24) is 10.2 Å². The van der Waals surface area contributed by atoms with E-state index < -0.39 is 0 Å². The zero-order valence-corrected chi connectivity index (χ0v) is 10.3. The summed E-state index contributed by atoms with van der Waals surface area (Å²) in [6, 6.07) is 0.789. The molecule has 0 amide bonds. The Bertz CT molecular complexity index is 188. The van der Waals surface area contributed by atoms with E-state index in [4.69, 9.17) is 0 Å². The number of nitrogens with one attached hydrogen (secondary N) is 1. The van der Waals surface area contributed by atoms with Crippen LogP contribution in [0.4, 0.5) is 0 Å². The molecule has 2 saturated heterocycles. The van der Waals surface area contributed by atoms with Crippen molar-refractivity contribution in [2.75, 3.05) is 32.4 Å². The fourth-order valence-corrected chi connectivity index (χ4v) is 3.56. The van der Waals surface area contributed by atoms with Crippen LogP contribution in [-0.4, -0.2) is 48.6 Å². The average Bonchev–Trinajstić information content (AvgIpc) is 2.73. The Morgan fingerprint density at radius 2 is 1.79 bits per heavy atom. The minimum absolute atomic E-state index is 0.789. The van der Waals surface area contributed by atoms with E-state index in [1.54, 1.807) is 0 Å². The molecule has 1 N–H and O–H groups in total. The first kappa shape index (κ1) is 10.8. The Kier molecular flexibility index (Phi) is 3.40. The van der Waals surface area contributed by atoms with Gasteiger partial charge in [0.1, 0.15) is 0 Å². The van der Waals surface area contributed by atoms with Crippen LogP contribution >= 0.6 is 11.8 Å². The van der Waals surface area contributed by atoms with Gasteiger partial charge >= 0.3 is 0 Å². The van der Waals surface area contributed by atoms with Gasteiger partial charge < -0.3 is 5.32 Å². The highest BCUT2D eigenvalue weighted by molar-refractivity contribution is 7.99. The SMILES string of the molecule is CSC1CNCC1N1CC(C)C(C)C1. The summed E-state index contributed by atoms with van der Waals surface area (Å²) in [7, 11) is 0. The molecular formula is C11H22N2S. The fourth-order valence-electron chi connectivity index (χ4n) is 2.69. The maximum Gasteiger partial charge on any atom is 0.0351 e. The van der Waals surface area contributed by atoms with E-state index in [1.807, 2.05) is 11.8 Å². The van der Waals surface area contributed by atoms with Crippen LogP contribution < -0.4 is 5.32 Å². The largest absolute Gasteiger partial charge is 0.314 e. The molecule has 2 heterocycles. The van der Waals surface area contributed by atoms with Crippen molar-refractivity contribution in [3.63, 3.8) is 0 Å². The number of hydrogen-bond donors (Lipinski definition) is 1. The second-order valence-electron chi connectivity index (χ2n) is 4.91. The van der Waals surface area contributed by atoms with Gasteiger partial charge in [-0.25, -0.2) is 0 Å². The van der Waals surface area contributed by atoms with Crippen molar-refractivity contribution in [3.05, 3.63) is 0 Å². The number of hydrogen-bond acceptors (Lipinski definition) is 3. The van der Waals surface area contributed by atoms with Gasteiger partial charge in [-0.1, -0.05) is 13.8 Å². The zero-order chi connectivity index (χ0) is 10.1. The van der Waals surface area contributed by atoms with Gasteiger partial charge in [-0.15, -0.1) is 0 Å². The molecule has 0 spiro atoms. The molecule has 0 aromatic rings. The predicted octanol–water partition coefficient (Wildman–Crippen LogP) is 1.28. The molecule has 0 bridgehead atoms. The summed E-state index contributed by atoms with van der Waals surface area (Å²) in [5.41, 5.74) is 0. The molecule has 2 nitrogen and oxygen atoms in total. The highest BCUT2D eigenvalue weighted by atomic mass is 32.2. The molecule has 2 aliphatic heterocycles. The van der Waals surface area contributed by atoms with Crippen LogP contribution in [0.1, 0.15) is 13.8 Å². The third-order valence-corrected chi connectivity index (χ3v) is 5.00. The van der Waals surface area contributed by atoms with E-state index in [-0.39, 0.29) is 0 Å². The standard InChI is InChI=1S/C11H22N2S/c1-8-6-13(7-9(8)2)10-4-12-5-11(10)14-3/h8-12H,4-7H2,1-3H3. The third kappa shape index (κ3) is 1.95. The first-order chi connectivity index (χ1) is 6.72. The van der Waals surface area contributed by atoms with Crippen molar-refractivity contribution in [1.29, 1.82) is 0 Å². The number of rotatable bonds is 2. The van der Waals surface area contributed by atoms with Crippen LogP contribution in [-0.2, 0) is 0 Å². The maximum absolute atomic E-state index is 3.52. The first-order valence-corrected chi connectivity index (χ1v) is 6.98. The van der Waals surface area contributed by atoms with Crippen LogP contribution in [0.25, 0.3) is 0 Å². The first-order valence-electron chi connectivity index (χ1n) is 5.70. The van der Waals surface area contributed by atoms with E-state index in [2.05, 4.69) is 30.3 Å². The smallest absolute Gasteiger partial charge is 0.0351 e. The van der Waals surface area contributed by atoms with E-state index >= 15 is 0 Å². The van der Waals surface area contributed by atoms with Gasteiger partial charge in [-0.05, 0) is 18.1 Å². The lowest BCUT2D eigenvalue weighted by Crippen LogP contribution is -2.40. The molecule has 3 heteroatoms. The minimum atomic E-state index is 0.789. The summed E-state index contributed by atoms with van der Waals surface area (Å²) in [4.78, 5) is 2.70. The van der Waals surface area contributed by atoms with E-state index in [1.165, 1.54) is 26.2 Å². The predicted molar refractivity (Wildman–Crippen MR) is 63.9 cm³/mol. The van der Waals surface area contributed by atoms with Gasteiger partial charge in [0.2, 0.25) is 0 Å². The summed E-state index contributed by atoms with van der Waals surface area (Å²) in [5.74, 6) is 1.77. The molecule has 0 aromatic carbocycles. The number of likely N-dealkylation sites (tertiary alicyclic amines) is 1. The fraction of sp³-hybridized carbons (Fsp3) is 1.00. The Labute approximate surface area is 91.8 Å². The second-order valence-corrected chi connectivity index (χ2v) is 5.99. The highest BCUT2D eigenvalue weighted by Crippen LogP contribution is 2.28. The van der Waals surface area contributed by atoms with Gasteiger partial charge in [0.25, 0.3) is 0 Å². The summed E-state index contributed by atoms with van der Waals surface area (Å²) in [6.07, 6.45) is 2.24. The molecule has 0 radical (unpaired) electrons. The summed E-state index contributed by atoms with van der Waals surface area (Å²) in [6.45, 7) is 9.80. The number of thioether (sulfide) groups is 1. The van der Waals surface area contributed by atoms with E-state index in [0.717, 1.165) is 23.1 Å². The van der Waals surface area contributed by atoms with Crippen molar-refractivity contribution in [2.24, 2.45) is 11.8 Å². The summed E-state index contributed by atoms with van der Waals surface area (Å²) in [5, 5.41) is 4.33. The normalized spacial score (nSPS) is 44.8. The molecule has 4 atom stereocenters. The molecular weight excluding hydrogens is 192 g/mol. The Morgan fingerprint density at radius 1 is 1.14 bits per heavy atom. The van der Waals surface area contributed by atoms with Crippen molar-refractivity contribution < 1.29 is 0 Å². The average molecular weight is 214 g/mol. The van der Waals surface area contributed by atoms with Gasteiger partial charge in [0, 0.05) is 37.5 Å². The third-order valence-electron chi connectivity index (χ3n) is 3.92. The molecule has 4 unspecified atom stereocenters. The monoisotopic (exact) mass is 214 g/mol. The molecule has 0 aliphatic carbocycles. The molecule has 0 saturated carbocycles. The molecule has 2 fully saturated rings. The Hall–Kier alpha value is 0.270. The van der Waals surface area contributed by atoms with Crippen LogP contribution in [0.3, 0.4) is 0 Å². The van der Waals surface area contributed by atoms with Crippen LogP contribution in [0.15, 0.2) is 0 Å². The van der Waals surface area contributed by atoms with Crippen molar-refractivity contribution in [3.8, 4) is 0 Å². The minimum Gasteiger partial charge on any atom is -0.314 e. The van der Waals surface area contributed by atoms with E-state index in [9.17, 15) is 0 Å². The highest BCUT2D eigenvalue weighted by Gasteiger charge is 2.36. The van der Waals surface area contributed by atoms with Crippen molar-refractivity contribution in [2.45, 2.75) is 25.1 Å². The quantitative estimate of drug-likeness (QED) is 0.745. The van der Waals surface area contributed by atoms with Gasteiger partial charge in [0.05, 0.1) is 0 Å². The lowest BCUT2D eigenvalue weighted by Gasteiger charge is -2.27. The van der Waals surface area contributed by atoms with Crippen LogP contribution in [0.2, 0.25) is 0 Å². The van der Waals surface area contributed by atoms with Gasteiger partial charge in [0.15, 0.2) is 0 Å². The number of nitrogens with zero attached hydrogens (tertiary/aromatic N) is 1. The summed E-state index contributed by atoms with van der Waals surface area (Å²) < 4.78 is 0. The summed E-state index contributed by atoms with van der Waals surface area (Å²) >= 11 is 2.03. The second kappa shape index (κ2) is 4.42. The maximum atomic E-state index is 3.52. The van der Waals surface area contributed by atoms with Crippen molar-refractivity contribution >= 4 is 11.8 Å². The van der Waals surface area contributed by atoms with Gasteiger partial charge in [-0.3, -0.25) is 4.90 Å². The molecule has 2 aliphatic rings. The lowest BCUT2D eigenvalue weighted by molar-refractivity contribution is 0.251. The Morgan fingerprint density at radius 3 is 2.36 bits per heavy atom. The van der Waals surface area contributed by atoms with Gasteiger partial charge in [-0.2, -0.15) is 11.8 Å². The topological polar surface area (TPSA) is 15.3 Å². The molecule has 82 valence electrons.